The van der Waals surface area contributed by atoms with E-state index in [1.165, 1.54) is 0 Å². The van der Waals surface area contributed by atoms with Crippen LogP contribution in [0, 0.1) is 0 Å². The van der Waals surface area contributed by atoms with E-state index in [-0.39, 0.29) is 6.42 Å². The Balaban J connectivity index is 3.19. The summed E-state index contributed by atoms with van der Waals surface area (Å²) < 4.78 is 0. The highest BCUT2D eigenvalue weighted by atomic mass is 79.9. The van der Waals surface area contributed by atoms with E-state index in [2.05, 4.69) is 15.9 Å². The molecular weight excluding hydrogens is 224 g/mol. The Bertz CT molecular complexity index is 127. The molecule has 1 atom stereocenters. The molecule has 0 aliphatic rings. The van der Waals surface area contributed by atoms with Gasteiger partial charge in [-0.15, -0.1) is 0 Å². The average molecular weight is 239 g/mol. The van der Waals surface area contributed by atoms with Crippen LogP contribution in [0.15, 0.2) is 0 Å². The predicted molar refractivity (Wildman–Crippen MR) is 50.5 cm³/mol. The first kappa shape index (κ1) is 11.9. The summed E-state index contributed by atoms with van der Waals surface area (Å²) in [6, 6.07) is 0. The van der Waals surface area contributed by atoms with Crippen molar-refractivity contribution in [3.8, 4) is 0 Å². The van der Waals surface area contributed by atoms with Crippen molar-refractivity contribution in [2.45, 2.75) is 38.2 Å². The summed E-state index contributed by atoms with van der Waals surface area (Å²) in [5, 5.41) is 18.4. The van der Waals surface area contributed by atoms with Gasteiger partial charge in [-0.2, -0.15) is 0 Å². The third-order valence-corrected chi connectivity index (χ3v) is 2.14. The Morgan fingerprint density at radius 2 is 2.00 bits per heavy atom. The lowest BCUT2D eigenvalue weighted by Crippen LogP contribution is -2.12. The van der Waals surface area contributed by atoms with E-state index in [1.807, 2.05) is 0 Å². The zero-order chi connectivity index (χ0) is 9.40. The highest BCUT2D eigenvalue weighted by molar-refractivity contribution is 9.09. The minimum Gasteiger partial charge on any atom is -0.481 e. The summed E-state index contributed by atoms with van der Waals surface area (Å²) in [7, 11) is 0. The summed E-state index contributed by atoms with van der Waals surface area (Å²) in [6.07, 6.45) is 2.83. The maximum absolute atomic E-state index is 10.1. The molecule has 0 bridgehead atoms. The molecular formula is C8H15BrO3. The van der Waals surface area contributed by atoms with Crippen molar-refractivity contribution in [1.29, 1.82) is 0 Å². The second-order valence-corrected chi connectivity index (χ2v) is 3.58. The standard InChI is InChI=1S/C8H15BrO3/c9-5-3-1-2-4-7(10)6-8(11)12/h7,10H,1-6H2,(H,11,12)/t7-/m1/s1. The molecule has 0 spiro atoms. The molecule has 0 heterocycles. The van der Waals surface area contributed by atoms with E-state index in [9.17, 15) is 4.79 Å². The number of aliphatic carboxylic acids is 1. The van der Waals surface area contributed by atoms with Crippen LogP contribution in [-0.2, 0) is 4.79 Å². The second-order valence-electron chi connectivity index (χ2n) is 2.79. The smallest absolute Gasteiger partial charge is 0.305 e. The number of carboxylic acids is 1. The van der Waals surface area contributed by atoms with Gasteiger partial charge in [-0.1, -0.05) is 28.8 Å². The topological polar surface area (TPSA) is 57.5 Å². The number of alkyl halides is 1. The van der Waals surface area contributed by atoms with Gasteiger partial charge in [-0.05, 0) is 12.8 Å². The van der Waals surface area contributed by atoms with E-state index in [0.29, 0.717) is 6.42 Å². The van der Waals surface area contributed by atoms with Crippen LogP contribution in [-0.4, -0.2) is 27.6 Å². The van der Waals surface area contributed by atoms with Crippen LogP contribution in [0.3, 0.4) is 0 Å². The predicted octanol–water partition coefficient (Wildman–Crippen LogP) is 1.78. The normalized spacial score (nSPS) is 12.8. The van der Waals surface area contributed by atoms with Crippen LogP contribution in [0.2, 0.25) is 0 Å². The van der Waals surface area contributed by atoms with Crippen LogP contribution in [0.25, 0.3) is 0 Å². The van der Waals surface area contributed by atoms with Crippen molar-refractivity contribution in [2.75, 3.05) is 5.33 Å². The Morgan fingerprint density at radius 3 is 2.50 bits per heavy atom. The third kappa shape index (κ3) is 8.01. The molecule has 0 aromatic carbocycles. The zero-order valence-corrected chi connectivity index (χ0v) is 8.59. The molecule has 0 aliphatic heterocycles. The lowest BCUT2D eigenvalue weighted by Gasteiger charge is -2.06. The van der Waals surface area contributed by atoms with Gasteiger partial charge in [-0.3, -0.25) is 4.79 Å². The van der Waals surface area contributed by atoms with E-state index >= 15 is 0 Å². The number of halogens is 1. The van der Waals surface area contributed by atoms with Crippen molar-refractivity contribution in [2.24, 2.45) is 0 Å². The molecule has 3 nitrogen and oxygen atoms in total. The number of carboxylic acid groups (broad SMARTS) is 1. The fourth-order valence-electron chi connectivity index (χ4n) is 0.955. The quantitative estimate of drug-likeness (QED) is 0.526. The van der Waals surface area contributed by atoms with Crippen LogP contribution >= 0.6 is 15.9 Å². The van der Waals surface area contributed by atoms with Gasteiger partial charge in [0.1, 0.15) is 0 Å². The van der Waals surface area contributed by atoms with Crippen LogP contribution in [0.5, 0.6) is 0 Å². The monoisotopic (exact) mass is 238 g/mol. The van der Waals surface area contributed by atoms with E-state index in [4.69, 9.17) is 10.2 Å². The van der Waals surface area contributed by atoms with E-state index in [0.717, 1.165) is 24.6 Å². The van der Waals surface area contributed by atoms with Crippen molar-refractivity contribution in [3.63, 3.8) is 0 Å². The van der Waals surface area contributed by atoms with Crippen LogP contribution < -0.4 is 0 Å². The van der Waals surface area contributed by atoms with Crippen molar-refractivity contribution >= 4 is 21.9 Å². The molecule has 0 rings (SSSR count). The van der Waals surface area contributed by atoms with E-state index in [1.54, 1.807) is 0 Å². The second kappa shape index (κ2) is 7.55. The summed E-state index contributed by atoms with van der Waals surface area (Å²) >= 11 is 3.30. The largest absolute Gasteiger partial charge is 0.481 e. The number of rotatable bonds is 7. The fourth-order valence-corrected chi connectivity index (χ4v) is 1.35. The molecule has 0 aliphatic carbocycles. The van der Waals surface area contributed by atoms with Crippen LogP contribution in [0.1, 0.15) is 32.1 Å². The number of unbranched alkanes of at least 4 members (excludes halogenated alkanes) is 2. The fraction of sp³-hybridized carbons (Fsp3) is 0.875. The molecule has 0 saturated carbocycles. The van der Waals surface area contributed by atoms with Gasteiger partial charge in [0.15, 0.2) is 0 Å². The molecule has 0 amide bonds. The molecule has 0 fully saturated rings. The lowest BCUT2D eigenvalue weighted by molar-refractivity contribution is -0.139. The number of aliphatic hydroxyl groups is 1. The summed E-state index contributed by atoms with van der Waals surface area (Å²) in [6.45, 7) is 0. The number of carbonyl (C=O) groups is 1. The molecule has 2 N–H and O–H groups in total. The molecule has 72 valence electrons. The summed E-state index contributed by atoms with van der Waals surface area (Å²) in [4.78, 5) is 10.1. The minimum absolute atomic E-state index is 0.131. The Kier molecular flexibility index (Phi) is 7.50. The van der Waals surface area contributed by atoms with Gasteiger partial charge in [0.05, 0.1) is 12.5 Å². The first-order valence-corrected chi connectivity index (χ1v) is 5.24. The van der Waals surface area contributed by atoms with Gasteiger partial charge in [0.25, 0.3) is 0 Å². The zero-order valence-electron chi connectivity index (χ0n) is 7.00. The van der Waals surface area contributed by atoms with Crippen molar-refractivity contribution in [1.82, 2.24) is 0 Å². The average Bonchev–Trinajstić information content (AvgIpc) is 1.97. The lowest BCUT2D eigenvalue weighted by atomic mass is 10.1. The minimum atomic E-state index is -0.928. The molecule has 0 radical (unpaired) electrons. The van der Waals surface area contributed by atoms with Crippen molar-refractivity contribution < 1.29 is 15.0 Å². The van der Waals surface area contributed by atoms with Gasteiger partial charge in [0, 0.05) is 5.33 Å². The highest BCUT2D eigenvalue weighted by Gasteiger charge is 2.07. The van der Waals surface area contributed by atoms with Crippen molar-refractivity contribution in [3.05, 3.63) is 0 Å². The highest BCUT2D eigenvalue weighted by Crippen LogP contribution is 2.07. The Labute approximate surface area is 80.9 Å². The van der Waals surface area contributed by atoms with Gasteiger partial charge < -0.3 is 10.2 Å². The molecule has 0 aromatic heterocycles. The summed E-state index contributed by atoms with van der Waals surface area (Å²) in [5.41, 5.74) is 0. The molecule has 0 unspecified atom stereocenters. The Morgan fingerprint density at radius 1 is 1.33 bits per heavy atom. The molecule has 0 aromatic rings. The molecule has 4 heteroatoms. The van der Waals surface area contributed by atoms with Crippen LogP contribution in [0.4, 0.5) is 0 Å². The number of hydrogen-bond donors (Lipinski definition) is 2. The van der Waals surface area contributed by atoms with Gasteiger partial charge >= 0.3 is 5.97 Å². The third-order valence-electron chi connectivity index (χ3n) is 1.58. The maximum atomic E-state index is 10.1. The first-order chi connectivity index (χ1) is 5.66. The summed E-state index contributed by atoms with van der Waals surface area (Å²) in [5.74, 6) is -0.928. The van der Waals surface area contributed by atoms with E-state index < -0.39 is 12.1 Å². The molecule has 12 heavy (non-hydrogen) atoms. The SMILES string of the molecule is O=C(O)C[C@H](O)CCCCCBr. The van der Waals surface area contributed by atoms with Gasteiger partial charge in [0.2, 0.25) is 0 Å². The first-order valence-electron chi connectivity index (χ1n) is 4.12. The maximum Gasteiger partial charge on any atom is 0.305 e. The number of hydrogen-bond acceptors (Lipinski definition) is 2. The Hall–Kier alpha value is -0.0900. The van der Waals surface area contributed by atoms with Gasteiger partial charge in [-0.25, -0.2) is 0 Å². The molecule has 0 saturated heterocycles. The number of aliphatic hydroxyl groups excluding tert-OH is 1.